The molecule has 2 aliphatic rings. The SMILES string of the molecule is COC(=O)CN1CCN2O[C@H](c3ccccn3)C[C@H]2C1=O. The first-order chi connectivity index (χ1) is 10.2. The second-order valence-corrected chi connectivity index (χ2v) is 5.08. The molecule has 0 aromatic carbocycles. The number of hydrogen-bond donors (Lipinski definition) is 0. The maximum absolute atomic E-state index is 12.4. The standard InChI is InChI=1S/C14H17N3O4/c1-20-13(18)9-16-6-7-17-11(14(16)19)8-12(21-17)10-4-2-3-5-15-10/h2-5,11-12H,6-9H2,1H3/t11-,12-/m0/s1. The van der Waals surface area contributed by atoms with Gasteiger partial charge in [-0.1, -0.05) is 6.07 Å². The highest BCUT2D eigenvalue weighted by Gasteiger charge is 2.44. The molecule has 0 N–H and O–H groups in total. The minimum Gasteiger partial charge on any atom is -0.468 e. The third-order valence-electron chi connectivity index (χ3n) is 3.80. The van der Waals surface area contributed by atoms with Gasteiger partial charge in [-0.05, 0) is 12.1 Å². The number of carbonyl (C=O) groups is 2. The molecule has 1 aromatic rings. The molecule has 2 atom stereocenters. The first kappa shape index (κ1) is 14.0. The van der Waals surface area contributed by atoms with Crippen LogP contribution in [0, 0.1) is 0 Å². The number of nitrogens with zero attached hydrogens (tertiary/aromatic N) is 3. The van der Waals surface area contributed by atoms with Crippen LogP contribution in [0.15, 0.2) is 24.4 Å². The van der Waals surface area contributed by atoms with Crippen molar-refractivity contribution in [3.8, 4) is 0 Å². The van der Waals surface area contributed by atoms with E-state index >= 15 is 0 Å². The molecule has 112 valence electrons. The van der Waals surface area contributed by atoms with E-state index in [1.54, 1.807) is 11.3 Å². The van der Waals surface area contributed by atoms with Crippen molar-refractivity contribution in [3.05, 3.63) is 30.1 Å². The van der Waals surface area contributed by atoms with Crippen LogP contribution in [-0.2, 0) is 19.2 Å². The molecule has 7 nitrogen and oxygen atoms in total. The number of fused-ring (bicyclic) bond motifs is 1. The summed E-state index contributed by atoms with van der Waals surface area (Å²) >= 11 is 0. The second-order valence-electron chi connectivity index (χ2n) is 5.08. The summed E-state index contributed by atoms with van der Waals surface area (Å²) in [6.45, 7) is 1.03. The monoisotopic (exact) mass is 291 g/mol. The van der Waals surface area contributed by atoms with Crippen LogP contribution in [0.4, 0.5) is 0 Å². The molecule has 7 heteroatoms. The van der Waals surface area contributed by atoms with Crippen molar-refractivity contribution in [2.75, 3.05) is 26.7 Å². The number of piperazine rings is 1. The van der Waals surface area contributed by atoms with E-state index < -0.39 is 5.97 Å². The highest BCUT2D eigenvalue weighted by atomic mass is 16.7. The van der Waals surface area contributed by atoms with Crippen LogP contribution in [0.2, 0.25) is 0 Å². The number of hydroxylamine groups is 2. The molecule has 0 spiro atoms. The molecule has 0 bridgehead atoms. The summed E-state index contributed by atoms with van der Waals surface area (Å²) in [7, 11) is 1.32. The van der Waals surface area contributed by atoms with Crippen molar-refractivity contribution in [1.82, 2.24) is 14.9 Å². The fourth-order valence-corrected chi connectivity index (χ4v) is 2.69. The predicted octanol–water partition coefficient (Wildman–Crippen LogP) is 0.144. The molecular formula is C14H17N3O4. The molecule has 0 unspecified atom stereocenters. The fraction of sp³-hybridized carbons (Fsp3) is 0.500. The van der Waals surface area contributed by atoms with Crippen LogP contribution >= 0.6 is 0 Å². The predicted molar refractivity (Wildman–Crippen MR) is 71.8 cm³/mol. The van der Waals surface area contributed by atoms with E-state index in [0.29, 0.717) is 19.5 Å². The summed E-state index contributed by atoms with van der Waals surface area (Å²) in [5.41, 5.74) is 0.819. The highest BCUT2D eigenvalue weighted by Crippen LogP contribution is 2.34. The van der Waals surface area contributed by atoms with Crippen molar-refractivity contribution in [2.24, 2.45) is 0 Å². The maximum Gasteiger partial charge on any atom is 0.325 e. The summed E-state index contributed by atoms with van der Waals surface area (Å²) in [4.78, 5) is 35.4. The number of amides is 1. The number of carbonyl (C=O) groups excluding carboxylic acids is 2. The van der Waals surface area contributed by atoms with Gasteiger partial charge in [-0.25, -0.2) is 0 Å². The highest BCUT2D eigenvalue weighted by molar-refractivity contribution is 5.86. The number of methoxy groups -OCH3 is 1. The van der Waals surface area contributed by atoms with Gasteiger partial charge in [0.25, 0.3) is 0 Å². The van der Waals surface area contributed by atoms with E-state index in [-0.39, 0.29) is 24.6 Å². The summed E-state index contributed by atoms with van der Waals surface area (Å²) < 4.78 is 4.62. The second kappa shape index (κ2) is 5.79. The summed E-state index contributed by atoms with van der Waals surface area (Å²) in [5, 5.41) is 1.70. The molecule has 2 fully saturated rings. The lowest BCUT2D eigenvalue weighted by Gasteiger charge is -2.34. The molecule has 0 aliphatic carbocycles. The minimum absolute atomic E-state index is 0.00602. The Morgan fingerprint density at radius 1 is 1.48 bits per heavy atom. The smallest absolute Gasteiger partial charge is 0.325 e. The van der Waals surface area contributed by atoms with Gasteiger partial charge in [0.15, 0.2) is 0 Å². The molecular weight excluding hydrogens is 274 g/mol. The zero-order valence-electron chi connectivity index (χ0n) is 11.8. The topological polar surface area (TPSA) is 72.0 Å². The molecule has 3 rings (SSSR count). The third-order valence-corrected chi connectivity index (χ3v) is 3.80. The number of pyridine rings is 1. The first-order valence-electron chi connectivity index (χ1n) is 6.89. The molecule has 3 heterocycles. The van der Waals surface area contributed by atoms with Crippen LogP contribution in [0.1, 0.15) is 18.2 Å². The minimum atomic E-state index is -0.406. The van der Waals surface area contributed by atoms with Crippen molar-refractivity contribution < 1.29 is 19.2 Å². The number of aromatic nitrogens is 1. The van der Waals surface area contributed by atoms with Crippen LogP contribution in [-0.4, -0.2) is 59.6 Å². The number of esters is 1. The van der Waals surface area contributed by atoms with Gasteiger partial charge in [0.05, 0.1) is 12.8 Å². The average Bonchev–Trinajstić information content (AvgIpc) is 2.96. The Labute approximate surface area is 122 Å². The van der Waals surface area contributed by atoms with Gasteiger partial charge < -0.3 is 9.64 Å². The van der Waals surface area contributed by atoms with Crippen LogP contribution < -0.4 is 0 Å². The van der Waals surface area contributed by atoms with Crippen molar-refractivity contribution in [2.45, 2.75) is 18.6 Å². The van der Waals surface area contributed by atoms with Gasteiger partial charge in [0.1, 0.15) is 18.7 Å². The first-order valence-corrected chi connectivity index (χ1v) is 6.89. The molecule has 1 aromatic heterocycles. The zero-order chi connectivity index (χ0) is 14.8. The lowest BCUT2D eigenvalue weighted by molar-refractivity contribution is -0.191. The Kier molecular flexibility index (Phi) is 3.85. The number of hydrogen-bond acceptors (Lipinski definition) is 6. The van der Waals surface area contributed by atoms with Crippen LogP contribution in [0.25, 0.3) is 0 Å². The Balaban J connectivity index is 1.69. The van der Waals surface area contributed by atoms with Gasteiger partial charge in [-0.15, -0.1) is 0 Å². The van der Waals surface area contributed by atoms with Crippen molar-refractivity contribution in [3.63, 3.8) is 0 Å². The molecule has 1 amide bonds. The van der Waals surface area contributed by atoms with Crippen molar-refractivity contribution >= 4 is 11.9 Å². The lowest BCUT2D eigenvalue weighted by Crippen LogP contribution is -2.55. The van der Waals surface area contributed by atoms with Gasteiger partial charge >= 0.3 is 5.97 Å². The summed E-state index contributed by atoms with van der Waals surface area (Å²) in [5.74, 6) is -0.498. The molecule has 21 heavy (non-hydrogen) atoms. The Bertz CT molecular complexity index is 536. The van der Waals surface area contributed by atoms with Gasteiger partial charge in [-0.3, -0.25) is 19.4 Å². The fourth-order valence-electron chi connectivity index (χ4n) is 2.69. The Hall–Kier alpha value is -1.99. The van der Waals surface area contributed by atoms with Gasteiger partial charge in [0, 0.05) is 25.7 Å². The van der Waals surface area contributed by atoms with Gasteiger partial charge in [-0.2, -0.15) is 5.06 Å². The van der Waals surface area contributed by atoms with E-state index in [0.717, 1.165) is 5.69 Å². The van der Waals surface area contributed by atoms with Crippen LogP contribution in [0.5, 0.6) is 0 Å². The number of rotatable bonds is 3. The summed E-state index contributed by atoms with van der Waals surface area (Å²) in [6.07, 6.45) is 2.05. The van der Waals surface area contributed by atoms with Crippen molar-refractivity contribution in [1.29, 1.82) is 0 Å². The lowest BCUT2D eigenvalue weighted by atomic mass is 10.0. The quantitative estimate of drug-likeness (QED) is 0.738. The van der Waals surface area contributed by atoms with E-state index in [4.69, 9.17) is 4.84 Å². The van der Waals surface area contributed by atoms with E-state index in [2.05, 4.69) is 9.72 Å². The van der Waals surface area contributed by atoms with Crippen LogP contribution in [0.3, 0.4) is 0 Å². The summed E-state index contributed by atoms with van der Waals surface area (Å²) in [6, 6.07) is 5.28. The molecule has 0 saturated carbocycles. The third kappa shape index (κ3) is 2.74. The molecule has 0 radical (unpaired) electrons. The average molecular weight is 291 g/mol. The zero-order valence-corrected chi connectivity index (χ0v) is 11.8. The maximum atomic E-state index is 12.4. The van der Waals surface area contributed by atoms with E-state index in [9.17, 15) is 9.59 Å². The Morgan fingerprint density at radius 2 is 2.33 bits per heavy atom. The normalized spacial score (nSPS) is 25.8. The largest absolute Gasteiger partial charge is 0.468 e. The number of ether oxygens (including phenoxy) is 1. The van der Waals surface area contributed by atoms with Gasteiger partial charge in [0.2, 0.25) is 5.91 Å². The molecule has 2 aliphatic heterocycles. The van der Waals surface area contributed by atoms with E-state index in [1.165, 1.54) is 12.0 Å². The van der Waals surface area contributed by atoms with E-state index in [1.807, 2.05) is 18.2 Å². The molecule has 2 saturated heterocycles. The Morgan fingerprint density at radius 3 is 3.05 bits per heavy atom.